The van der Waals surface area contributed by atoms with Gasteiger partial charge in [-0.3, -0.25) is 0 Å². The third kappa shape index (κ3) is 4.83. The average Bonchev–Trinajstić information content (AvgIpc) is 2.00. The van der Waals surface area contributed by atoms with E-state index in [1.165, 1.54) is 24.3 Å². The first-order valence-corrected chi connectivity index (χ1v) is 6.05. The van der Waals surface area contributed by atoms with Crippen LogP contribution in [0.25, 0.3) is 5.57 Å². The highest BCUT2D eigenvalue weighted by Crippen LogP contribution is 2.98. The van der Waals surface area contributed by atoms with Crippen LogP contribution < -0.4 is 0 Å². The van der Waals surface area contributed by atoms with Crippen molar-refractivity contribution in [2.45, 2.75) is 0 Å². The summed E-state index contributed by atoms with van der Waals surface area (Å²) < 4.78 is 60.5. The minimum absolute atomic E-state index is 0.0748. The van der Waals surface area contributed by atoms with E-state index in [2.05, 4.69) is 6.58 Å². The van der Waals surface area contributed by atoms with Crippen molar-refractivity contribution in [2.24, 2.45) is 0 Å². The van der Waals surface area contributed by atoms with Gasteiger partial charge in [0.1, 0.15) is 5.75 Å². The Labute approximate surface area is 84.1 Å². The van der Waals surface area contributed by atoms with E-state index in [1.54, 1.807) is 6.07 Å². The Hall–Kier alpha value is -1.04. The molecule has 0 saturated carbocycles. The van der Waals surface area contributed by atoms with E-state index in [1.807, 2.05) is 0 Å². The fourth-order valence-electron chi connectivity index (χ4n) is 1.09. The van der Waals surface area contributed by atoms with Crippen molar-refractivity contribution in [3.8, 4) is 0 Å². The minimum Gasteiger partial charge on any atom is -0.0975 e. The van der Waals surface area contributed by atoms with E-state index in [-0.39, 0.29) is 5.56 Å². The Morgan fingerprint density at radius 3 is 1.87 bits per heavy atom. The monoisotopic (exact) mass is 244 g/mol. The molecule has 0 amide bonds. The highest BCUT2D eigenvalue weighted by atomic mass is 32.5. The summed E-state index contributed by atoms with van der Waals surface area (Å²) in [6, 6.07) is 7.13. The lowest BCUT2D eigenvalue weighted by Gasteiger charge is -2.40. The summed E-state index contributed by atoms with van der Waals surface area (Å²) in [5.74, 6) is -2.23. The predicted molar refractivity (Wildman–Crippen MR) is 53.5 cm³/mol. The molecule has 0 bridgehead atoms. The van der Waals surface area contributed by atoms with Gasteiger partial charge in [-0.2, -0.15) is 0 Å². The zero-order chi connectivity index (χ0) is 11.8. The molecule has 0 spiro atoms. The van der Waals surface area contributed by atoms with Gasteiger partial charge in [0.05, 0.1) is 0 Å². The van der Waals surface area contributed by atoms with Crippen LogP contribution in [0.4, 0.5) is 19.4 Å². The number of hydrogen-bond donors (Lipinski definition) is 0. The quantitative estimate of drug-likeness (QED) is 0.656. The number of rotatable bonds is 3. The van der Waals surface area contributed by atoms with Crippen LogP contribution in [0.5, 0.6) is 0 Å². The maximum absolute atomic E-state index is 12.1. The summed E-state index contributed by atoms with van der Waals surface area (Å²) in [5, 5.41) is 0. The van der Waals surface area contributed by atoms with Gasteiger partial charge in [-0.25, -0.2) is 0 Å². The molecule has 86 valence electrons. The molecular formula is C9H9F5S. The van der Waals surface area contributed by atoms with Gasteiger partial charge in [0.15, 0.2) is 0 Å². The second-order valence-electron chi connectivity index (χ2n) is 3.24. The Bertz CT molecular complexity index is 377. The molecule has 0 fully saturated rings. The molecule has 1 aromatic carbocycles. The molecule has 0 nitrogen and oxygen atoms in total. The van der Waals surface area contributed by atoms with E-state index in [0.717, 1.165) is 0 Å². The molecule has 0 aliphatic heterocycles. The third-order valence-corrected chi connectivity index (χ3v) is 2.52. The van der Waals surface area contributed by atoms with Crippen molar-refractivity contribution in [1.29, 1.82) is 0 Å². The second-order valence-corrected chi connectivity index (χ2v) is 5.79. The van der Waals surface area contributed by atoms with Crippen molar-refractivity contribution in [3.63, 3.8) is 0 Å². The Balaban J connectivity index is 2.93. The lowest BCUT2D eigenvalue weighted by Crippen LogP contribution is -2.12. The summed E-state index contributed by atoms with van der Waals surface area (Å²) in [6.07, 6.45) is 0. The van der Waals surface area contributed by atoms with Crippen molar-refractivity contribution in [1.82, 2.24) is 0 Å². The molecule has 0 aliphatic carbocycles. The first-order valence-electron chi connectivity index (χ1n) is 3.93. The van der Waals surface area contributed by atoms with Gasteiger partial charge >= 0.3 is 0 Å². The van der Waals surface area contributed by atoms with Gasteiger partial charge in [-0.05, 0) is 11.1 Å². The molecule has 1 rings (SSSR count). The number of hydrogen-bond acceptors (Lipinski definition) is 0. The molecule has 0 unspecified atom stereocenters. The van der Waals surface area contributed by atoms with E-state index in [0.29, 0.717) is 0 Å². The Morgan fingerprint density at radius 2 is 1.47 bits per heavy atom. The van der Waals surface area contributed by atoms with Gasteiger partial charge in [0.2, 0.25) is 0 Å². The standard InChI is InChI=1S/C9H9F5S/c1-8(7-15(10,11,12,13)14)9-5-3-2-4-6-9/h2-6H,1,7H2. The third-order valence-electron chi connectivity index (χ3n) is 1.63. The lowest BCUT2D eigenvalue weighted by atomic mass is 10.1. The van der Waals surface area contributed by atoms with Crippen LogP contribution in [0.3, 0.4) is 0 Å². The average molecular weight is 244 g/mol. The molecule has 0 aromatic heterocycles. The van der Waals surface area contributed by atoms with E-state index < -0.39 is 21.5 Å². The van der Waals surface area contributed by atoms with Crippen molar-refractivity contribution < 1.29 is 19.4 Å². The molecule has 0 saturated heterocycles. The summed E-state index contributed by atoms with van der Waals surface area (Å²) in [5.41, 5.74) is -0.541. The zero-order valence-corrected chi connectivity index (χ0v) is 8.42. The molecule has 0 heterocycles. The normalized spacial score (nSPS) is 16.6. The molecular weight excluding hydrogens is 235 g/mol. The molecule has 0 radical (unpaired) electrons. The van der Waals surface area contributed by atoms with Crippen molar-refractivity contribution in [3.05, 3.63) is 42.5 Å². The van der Waals surface area contributed by atoms with Gasteiger partial charge in [0, 0.05) is 0 Å². The molecule has 15 heavy (non-hydrogen) atoms. The van der Waals surface area contributed by atoms with Crippen molar-refractivity contribution >= 4 is 15.8 Å². The summed E-state index contributed by atoms with van der Waals surface area (Å²) in [6.45, 7) is 3.03. The number of halogens is 5. The molecule has 0 N–H and O–H groups in total. The molecule has 0 aliphatic rings. The van der Waals surface area contributed by atoms with Crippen LogP contribution in [-0.4, -0.2) is 5.75 Å². The summed E-state index contributed by atoms with van der Waals surface area (Å²) in [7, 11) is -9.40. The second kappa shape index (κ2) is 2.75. The first kappa shape index (κ1) is 12.0. The molecule has 6 heteroatoms. The van der Waals surface area contributed by atoms with E-state index in [9.17, 15) is 19.4 Å². The van der Waals surface area contributed by atoms with Crippen LogP contribution in [-0.2, 0) is 0 Å². The van der Waals surface area contributed by atoms with Crippen LogP contribution in [0.1, 0.15) is 5.56 Å². The van der Waals surface area contributed by atoms with Crippen LogP contribution in [0, 0.1) is 0 Å². The fourth-order valence-corrected chi connectivity index (χ4v) is 1.91. The molecule has 0 atom stereocenters. The van der Waals surface area contributed by atoms with E-state index >= 15 is 0 Å². The van der Waals surface area contributed by atoms with Crippen LogP contribution in [0.2, 0.25) is 0 Å². The van der Waals surface area contributed by atoms with Crippen molar-refractivity contribution in [2.75, 3.05) is 5.75 Å². The summed E-state index contributed by atoms with van der Waals surface area (Å²) >= 11 is 0. The van der Waals surface area contributed by atoms with Crippen LogP contribution in [0.15, 0.2) is 36.9 Å². The largest absolute Gasteiger partial charge is 0.289 e. The smallest absolute Gasteiger partial charge is 0.0975 e. The lowest BCUT2D eigenvalue weighted by molar-refractivity contribution is 0.371. The maximum atomic E-state index is 12.1. The topological polar surface area (TPSA) is 0 Å². The first-order chi connectivity index (χ1) is 6.47. The van der Waals surface area contributed by atoms with Gasteiger partial charge in [0.25, 0.3) is 10.2 Å². The minimum atomic E-state index is -9.40. The van der Waals surface area contributed by atoms with Gasteiger partial charge in [-0.15, -0.1) is 0 Å². The highest BCUT2D eigenvalue weighted by Gasteiger charge is 2.63. The highest BCUT2D eigenvalue weighted by molar-refractivity contribution is 8.46. The maximum Gasteiger partial charge on any atom is 0.289 e. The Morgan fingerprint density at radius 1 is 1.00 bits per heavy atom. The van der Waals surface area contributed by atoms with E-state index in [4.69, 9.17) is 0 Å². The van der Waals surface area contributed by atoms with Gasteiger partial charge < -0.3 is 0 Å². The Kier molecular flexibility index (Phi) is 2.21. The zero-order valence-electron chi connectivity index (χ0n) is 7.60. The predicted octanol–water partition coefficient (Wildman–Crippen LogP) is 5.00. The molecule has 1 aromatic rings. The van der Waals surface area contributed by atoms with Crippen LogP contribution >= 0.6 is 10.2 Å². The fraction of sp³-hybridized carbons (Fsp3) is 0.111. The van der Waals surface area contributed by atoms with Gasteiger partial charge in [-0.1, -0.05) is 56.3 Å². The SMILES string of the molecule is C=C(CS(F)(F)(F)(F)F)c1ccccc1. The number of benzene rings is 1. The summed E-state index contributed by atoms with van der Waals surface area (Å²) in [4.78, 5) is 0.